The molecule has 1 N–H and O–H groups in total. The Morgan fingerprint density at radius 3 is 2.95 bits per heavy atom. The monoisotopic (exact) mass is 337 g/mol. The van der Waals surface area contributed by atoms with Crippen LogP contribution in [-0.2, 0) is 5.75 Å². The molecule has 3 nitrogen and oxygen atoms in total. The highest BCUT2D eigenvalue weighted by atomic mass is 79.9. The molecule has 19 heavy (non-hydrogen) atoms. The molecule has 100 valence electrons. The van der Waals surface area contributed by atoms with Crippen LogP contribution < -0.4 is 5.32 Å². The first kappa shape index (κ1) is 14.3. The van der Waals surface area contributed by atoms with Crippen LogP contribution in [0.4, 0.5) is 5.82 Å². The minimum atomic E-state index is 0.773. The third-order valence-corrected chi connectivity index (χ3v) is 4.07. The molecule has 0 radical (unpaired) electrons. The Balaban J connectivity index is 2.05. The first-order chi connectivity index (χ1) is 9.19. The largest absolute Gasteiger partial charge is 0.369 e. The predicted molar refractivity (Wildman–Crippen MR) is 84.6 cm³/mol. The number of nitrogens with zero attached hydrogens (tertiary/aromatic N) is 2. The Bertz CT molecular complexity index is 560. The Labute approximate surface area is 126 Å². The molecule has 0 aliphatic heterocycles. The van der Waals surface area contributed by atoms with Crippen LogP contribution in [0.1, 0.15) is 18.3 Å². The van der Waals surface area contributed by atoms with Gasteiger partial charge in [0.2, 0.25) is 0 Å². The van der Waals surface area contributed by atoms with Crippen molar-refractivity contribution in [2.45, 2.75) is 24.5 Å². The summed E-state index contributed by atoms with van der Waals surface area (Å²) in [6.45, 7) is 5.00. The van der Waals surface area contributed by atoms with Crippen LogP contribution in [0.15, 0.2) is 39.8 Å². The molecule has 0 spiro atoms. The van der Waals surface area contributed by atoms with E-state index >= 15 is 0 Å². The summed E-state index contributed by atoms with van der Waals surface area (Å²) in [6.07, 6.45) is 1.80. The number of nitrogens with one attached hydrogen (secondary N) is 1. The van der Waals surface area contributed by atoms with Crippen molar-refractivity contribution in [1.29, 1.82) is 0 Å². The van der Waals surface area contributed by atoms with Gasteiger partial charge >= 0.3 is 0 Å². The molecule has 0 aliphatic carbocycles. The van der Waals surface area contributed by atoms with Gasteiger partial charge in [0.15, 0.2) is 0 Å². The zero-order chi connectivity index (χ0) is 13.7. The molecule has 0 bridgehead atoms. The van der Waals surface area contributed by atoms with E-state index in [-0.39, 0.29) is 0 Å². The smallest absolute Gasteiger partial charge is 0.144 e. The third-order valence-electron chi connectivity index (χ3n) is 2.50. The van der Waals surface area contributed by atoms with Gasteiger partial charge in [-0.3, -0.25) is 0 Å². The van der Waals surface area contributed by atoms with Crippen molar-refractivity contribution in [3.05, 3.63) is 46.3 Å². The fourth-order valence-corrected chi connectivity index (χ4v) is 2.83. The van der Waals surface area contributed by atoms with Crippen LogP contribution in [0.25, 0.3) is 0 Å². The maximum absolute atomic E-state index is 4.51. The second-order valence-electron chi connectivity index (χ2n) is 4.12. The van der Waals surface area contributed by atoms with Gasteiger partial charge in [0, 0.05) is 17.6 Å². The van der Waals surface area contributed by atoms with Crippen molar-refractivity contribution in [2.24, 2.45) is 0 Å². The summed E-state index contributed by atoms with van der Waals surface area (Å²) in [4.78, 5) is 10.1. The third kappa shape index (κ3) is 4.21. The average Bonchev–Trinajstić information content (AvgIpc) is 2.40. The van der Waals surface area contributed by atoms with E-state index in [1.807, 2.05) is 0 Å². The van der Waals surface area contributed by atoms with Crippen LogP contribution >= 0.6 is 27.7 Å². The molecule has 1 aromatic heterocycles. The molecule has 0 atom stereocenters. The fourth-order valence-electron chi connectivity index (χ4n) is 1.62. The number of benzene rings is 1. The number of rotatable bonds is 5. The number of aromatic nitrogens is 2. The average molecular weight is 338 g/mol. The SMILES string of the molecule is CCNc1nc(CSc2cccc(C)c2)ncc1Br. The summed E-state index contributed by atoms with van der Waals surface area (Å²) in [6, 6.07) is 8.46. The van der Waals surface area contributed by atoms with E-state index in [0.717, 1.165) is 28.4 Å². The van der Waals surface area contributed by atoms with Crippen LogP contribution in [0.2, 0.25) is 0 Å². The summed E-state index contributed by atoms with van der Waals surface area (Å²) in [5, 5.41) is 3.22. The van der Waals surface area contributed by atoms with E-state index in [1.54, 1.807) is 18.0 Å². The van der Waals surface area contributed by atoms with Gasteiger partial charge in [-0.2, -0.15) is 0 Å². The summed E-state index contributed by atoms with van der Waals surface area (Å²) >= 11 is 5.19. The van der Waals surface area contributed by atoms with Crippen molar-refractivity contribution in [1.82, 2.24) is 9.97 Å². The number of halogens is 1. The number of hydrogen-bond donors (Lipinski definition) is 1. The van der Waals surface area contributed by atoms with Gasteiger partial charge in [-0.05, 0) is 41.9 Å². The van der Waals surface area contributed by atoms with Crippen molar-refractivity contribution >= 4 is 33.5 Å². The second-order valence-corrected chi connectivity index (χ2v) is 6.02. The molecule has 0 fully saturated rings. The second kappa shape index (κ2) is 6.91. The molecule has 2 rings (SSSR count). The first-order valence-electron chi connectivity index (χ1n) is 6.14. The zero-order valence-electron chi connectivity index (χ0n) is 11.0. The maximum Gasteiger partial charge on any atom is 0.144 e. The standard InChI is InChI=1S/C14H16BrN3S/c1-3-16-14-12(15)8-17-13(18-14)9-19-11-6-4-5-10(2)7-11/h4-8H,3,9H2,1-2H3,(H,16,17,18). The molecule has 0 saturated carbocycles. The lowest BCUT2D eigenvalue weighted by molar-refractivity contribution is 1.01. The van der Waals surface area contributed by atoms with E-state index in [0.29, 0.717) is 0 Å². The Kier molecular flexibility index (Phi) is 5.22. The van der Waals surface area contributed by atoms with Crippen molar-refractivity contribution in [3.8, 4) is 0 Å². The lowest BCUT2D eigenvalue weighted by Gasteiger charge is -2.07. The van der Waals surface area contributed by atoms with Crippen LogP contribution in [0.3, 0.4) is 0 Å². The van der Waals surface area contributed by atoms with E-state index in [2.05, 4.69) is 69.3 Å². The zero-order valence-corrected chi connectivity index (χ0v) is 13.4. The van der Waals surface area contributed by atoms with Gasteiger partial charge < -0.3 is 5.32 Å². The van der Waals surface area contributed by atoms with Gasteiger partial charge in [0.25, 0.3) is 0 Å². The number of anilines is 1. The topological polar surface area (TPSA) is 37.8 Å². The van der Waals surface area contributed by atoms with Crippen LogP contribution in [0, 0.1) is 6.92 Å². The quantitative estimate of drug-likeness (QED) is 0.826. The van der Waals surface area contributed by atoms with Crippen molar-refractivity contribution in [3.63, 3.8) is 0 Å². The van der Waals surface area contributed by atoms with E-state index < -0.39 is 0 Å². The molecule has 0 unspecified atom stereocenters. The lowest BCUT2D eigenvalue weighted by Crippen LogP contribution is -2.03. The lowest BCUT2D eigenvalue weighted by atomic mass is 10.2. The molecule has 5 heteroatoms. The molecule has 1 heterocycles. The van der Waals surface area contributed by atoms with Gasteiger partial charge in [-0.15, -0.1) is 11.8 Å². The highest BCUT2D eigenvalue weighted by Gasteiger charge is 2.05. The molecule has 2 aromatic rings. The molecule has 0 amide bonds. The highest BCUT2D eigenvalue weighted by molar-refractivity contribution is 9.10. The minimum absolute atomic E-state index is 0.773. The van der Waals surface area contributed by atoms with Gasteiger partial charge in [-0.25, -0.2) is 9.97 Å². The van der Waals surface area contributed by atoms with Gasteiger partial charge in [-0.1, -0.05) is 17.7 Å². The van der Waals surface area contributed by atoms with Crippen molar-refractivity contribution < 1.29 is 0 Å². The molecule has 1 aromatic carbocycles. The predicted octanol–water partition coefficient (Wildman–Crippen LogP) is 4.27. The Morgan fingerprint density at radius 2 is 2.21 bits per heavy atom. The number of thioether (sulfide) groups is 1. The highest BCUT2D eigenvalue weighted by Crippen LogP contribution is 2.24. The molecular weight excluding hydrogens is 322 g/mol. The first-order valence-corrected chi connectivity index (χ1v) is 7.91. The molecular formula is C14H16BrN3S. The van der Waals surface area contributed by atoms with Crippen LogP contribution in [-0.4, -0.2) is 16.5 Å². The summed E-state index contributed by atoms with van der Waals surface area (Å²) in [5.41, 5.74) is 1.27. The minimum Gasteiger partial charge on any atom is -0.369 e. The van der Waals surface area contributed by atoms with Gasteiger partial charge in [0.05, 0.1) is 10.2 Å². The Morgan fingerprint density at radius 1 is 1.37 bits per heavy atom. The number of aryl methyl sites for hydroxylation is 1. The summed E-state index contributed by atoms with van der Waals surface area (Å²) in [5.74, 6) is 2.47. The molecule has 0 saturated heterocycles. The normalized spacial score (nSPS) is 10.5. The van der Waals surface area contributed by atoms with Crippen molar-refractivity contribution in [2.75, 3.05) is 11.9 Å². The fraction of sp³-hybridized carbons (Fsp3) is 0.286. The van der Waals surface area contributed by atoms with E-state index in [1.165, 1.54) is 10.5 Å². The summed E-state index contributed by atoms with van der Waals surface area (Å²) in [7, 11) is 0. The number of hydrogen-bond acceptors (Lipinski definition) is 4. The Hall–Kier alpha value is -1.07. The summed E-state index contributed by atoms with van der Waals surface area (Å²) < 4.78 is 0.902. The van der Waals surface area contributed by atoms with E-state index in [9.17, 15) is 0 Å². The van der Waals surface area contributed by atoms with Crippen LogP contribution in [0.5, 0.6) is 0 Å². The van der Waals surface area contributed by atoms with Gasteiger partial charge in [0.1, 0.15) is 11.6 Å². The van der Waals surface area contributed by atoms with E-state index in [4.69, 9.17) is 0 Å². The maximum atomic E-state index is 4.51. The molecule has 0 aliphatic rings.